The molecule has 0 unspecified atom stereocenters. The highest BCUT2D eigenvalue weighted by molar-refractivity contribution is 9.10. The number of carboxylic acids is 1. The van der Waals surface area contributed by atoms with E-state index in [0.717, 1.165) is 6.08 Å². The van der Waals surface area contributed by atoms with Crippen LogP contribution in [0.25, 0.3) is 0 Å². The second-order valence-corrected chi connectivity index (χ2v) is 7.58. The molecule has 0 aliphatic heterocycles. The molecule has 0 saturated carbocycles. The van der Waals surface area contributed by atoms with Crippen LogP contribution < -0.4 is 5.32 Å². The van der Waals surface area contributed by atoms with Crippen molar-refractivity contribution in [3.63, 3.8) is 0 Å². The van der Waals surface area contributed by atoms with Crippen LogP contribution in [0.15, 0.2) is 65.2 Å². The van der Waals surface area contributed by atoms with Crippen LogP contribution in [0.4, 0.5) is 4.79 Å². The quantitative estimate of drug-likeness (QED) is 0.403. The molecule has 2 aromatic rings. The lowest BCUT2D eigenvalue weighted by Gasteiger charge is -2.27. The minimum atomic E-state index is -1.07. The molecule has 2 atom stereocenters. The number of hydrogen-bond donors (Lipinski definition) is 3. The van der Waals surface area contributed by atoms with Crippen LogP contribution in [0.2, 0.25) is 0 Å². The molecule has 0 aromatic heterocycles. The largest absolute Gasteiger partial charge is 0.508 e. The third-order valence-electron chi connectivity index (χ3n) is 4.38. The van der Waals surface area contributed by atoms with Crippen molar-refractivity contribution in [2.24, 2.45) is 0 Å². The molecule has 3 N–H and O–H groups in total. The van der Waals surface area contributed by atoms with Crippen LogP contribution in [0.1, 0.15) is 41.8 Å². The number of aromatic hydroxyl groups is 1. The number of phenolic OH excluding ortho intramolecular Hbond substituents is 1. The van der Waals surface area contributed by atoms with Gasteiger partial charge in [0.1, 0.15) is 5.75 Å². The number of ether oxygens (including phenoxy) is 2. The Bertz CT molecular complexity index is 962. The SMILES string of the molecule is CCO[C@@H](CC/C=C/C(=O)O)[C@@H](OC(=O)NC(=O)c1ccccc1)c1cc(Br)ccc1O. The van der Waals surface area contributed by atoms with Crippen LogP contribution in [0.5, 0.6) is 5.75 Å². The molecular weight excluding hydrogens is 482 g/mol. The van der Waals surface area contributed by atoms with Crippen molar-refractivity contribution in [1.82, 2.24) is 5.32 Å². The molecule has 2 aromatic carbocycles. The van der Waals surface area contributed by atoms with Gasteiger partial charge in [-0.05, 0) is 50.1 Å². The maximum atomic E-state index is 12.5. The number of imide groups is 1. The standard InChI is InChI=1S/C23H24BrNO7/c1-2-31-19(10-6-7-11-20(27)28)21(17-14-16(24)12-13-18(17)26)32-23(30)25-22(29)15-8-4-3-5-9-15/h3-5,7-9,11-14,19,21,26H,2,6,10H2,1H3,(H,27,28)(H,25,29,30)/b11-7+/t19-,21-/m0/s1. The zero-order chi connectivity index (χ0) is 23.5. The Hall–Kier alpha value is -3.17. The van der Waals surface area contributed by atoms with Gasteiger partial charge < -0.3 is 19.7 Å². The van der Waals surface area contributed by atoms with E-state index in [2.05, 4.69) is 21.2 Å². The number of rotatable bonds is 10. The maximum absolute atomic E-state index is 12.5. The van der Waals surface area contributed by atoms with E-state index in [1.807, 2.05) is 0 Å². The van der Waals surface area contributed by atoms with Crippen LogP contribution in [0, 0.1) is 0 Å². The predicted molar refractivity (Wildman–Crippen MR) is 120 cm³/mol. The summed E-state index contributed by atoms with van der Waals surface area (Å²) in [6, 6.07) is 12.8. The van der Waals surface area contributed by atoms with Gasteiger partial charge in [-0.15, -0.1) is 0 Å². The summed E-state index contributed by atoms with van der Waals surface area (Å²) in [5, 5.41) is 21.3. The molecular formula is C23H24BrNO7. The zero-order valence-corrected chi connectivity index (χ0v) is 18.9. The third kappa shape index (κ3) is 7.82. The summed E-state index contributed by atoms with van der Waals surface area (Å²) in [7, 11) is 0. The Morgan fingerprint density at radius 3 is 2.53 bits per heavy atom. The van der Waals surface area contributed by atoms with E-state index in [4.69, 9.17) is 14.6 Å². The Kier molecular flexibility index (Phi) is 9.90. The van der Waals surface area contributed by atoms with Crippen molar-refractivity contribution >= 4 is 33.9 Å². The van der Waals surface area contributed by atoms with Crippen molar-refractivity contribution in [1.29, 1.82) is 0 Å². The van der Waals surface area contributed by atoms with Gasteiger partial charge in [0, 0.05) is 28.3 Å². The van der Waals surface area contributed by atoms with Crippen molar-refractivity contribution in [2.75, 3.05) is 6.61 Å². The van der Waals surface area contributed by atoms with Gasteiger partial charge in [0.05, 0.1) is 6.10 Å². The Morgan fingerprint density at radius 1 is 1.16 bits per heavy atom. The molecule has 0 aliphatic carbocycles. The summed E-state index contributed by atoms with van der Waals surface area (Å²) in [5.74, 6) is -1.83. The van der Waals surface area contributed by atoms with Crippen LogP contribution in [0.3, 0.4) is 0 Å². The van der Waals surface area contributed by atoms with E-state index in [1.165, 1.54) is 12.1 Å². The Morgan fingerprint density at radius 2 is 1.88 bits per heavy atom. The van der Waals surface area contributed by atoms with E-state index in [-0.39, 0.29) is 23.5 Å². The second-order valence-electron chi connectivity index (χ2n) is 6.66. The molecule has 0 radical (unpaired) electrons. The fraction of sp³-hybridized carbons (Fsp3) is 0.261. The summed E-state index contributed by atoms with van der Waals surface area (Å²) in [4.78, 5) is 35.5. The summed E-state index contributed by atoms with van der Waals surface area (Å²) >= 11 is 3.33. The van der Waals surface area contributed by atoms with Crippen LogP contribution >= 0.6 is 15.9 Å². The zero-order valence-electron chi connectivity index (χ0n) is 17.4. The number of nitrogens with one attached hydrogen (secondary N) is 1. The number of carbonyl (C=O) groups excluding carboxylic acids is 2. The topological polar surface area (TPSA) is 122 Å². The summed E-state index contributed by atoms with van der Waals surface area (Å²) < 4.78 is 11.9. The van der Waals surface area contributed by atoms with Gasteiger partial charge in [0.2, 0.25) is 0 Å². The van der Waals surface area contributed by atoms with Crippen molar-refractivity contribution in [2.45, 2.75) is 32.0 Å². The van der Waals surface area contributed by atoms with Gasteiger partial charge in [-0.25, -0.2) is 9.59 Å². The number of amides is 2. The molecule has 0 fully saturated rings. The highest BCUT2D eigenvalue weighted by Gasteiger charge is 2.30. The van der Waals surface area contributed by atoms with Crippen molar-refractivity contribution in [3.8, 4) is 5.75 Å². The number of carboxylic acid groups (broad SMARTS) is 1. The highest BCUT2D eigenvalue weighted by Crippen LogP contribution is 2.35. The monoisotopic (exact) mass is 505 g/mol. The number of phenols is 1. The van der Waals surface area contributed by atoms with E-state index >= 15 is 0 Å². The van der Waals surface area contributed by atoms with Gasteiger partial charge in [-0.1, -0.05) is 40.2 Å². The molecule has 0 saturated heterocycles. The van der Waals surface area contributed by atoms with Crippen LogP contribution in [-0.4, -0.2) is 40.9 Å². The average Bonchev–Trinajstić information content (AvgIpc) is 2.76. The number of allylic oxidation sites excluding steroid dienone is 1. The number of alkyl carbamates (subject to hydrolysis) is 1. The molecule has 9 heteroatoms. The summed E-state index contributed by atoms with van der Waals surface area (Å²) in [6.45, 7) is 2.05. The van der Waals surface area contributed by atoms with Gasteiger partial charge in [-0.2, -0.15) is 0 Å². The van der Waals surface area contributed by atoms with E-state index in [9.17, 15) is 19.5 Å². The average molecular weight is 506 g/mol. The van der Waals surface area contributed by atoms with Crippen molar-refractivity contribution in [3.05, 3.63) is 76.3 Å². The smallest absolute Gasteiger partial charge is 0.414 e. The first-order chi connectivity index (χ1) is 15.3. The van der Waals surface area contributed by atoms with Gasteiger partial charge in [0.25, 0.3) is 5.91 Å². The molecule has 32 heavy (non-hydrogen) atoms. The number of aliphatic carboxylic acids is 1. The molecule has 0 aliphatic rings. The first-order valence-electron chi connectivity index (χ1n) is 9.88. The van der Waals surface area contributed by atoms with Gasteiger partial charge in [-0.3, -0.25) is 10.1 Å². The van der Waals surface area contributed by atoms with Gasteiger partial charge in [0.15, 0.2) is 6.10 Å². The predicted octanol–water partition coefficient (Wildman–Crippen LogP) is 4.59. The van der Waals surface area contributed by atoms with Crippen molar-refractivity contribution < 1.29 is 34.1 Å². The van der Waals surface area contributed by atoms with Crippen LogP contribution in [-0.2, 0) is 14.3 Å². The molecule has 8 nitrogen and oxygen atoms in total. The third-order valence-corrected chi connectivity index (χ3v) is 4.87. The molecule has 0 heterocycles. The summed E-state index contributed by atoms with van der Waals surface area (Å²) in [5.41, 5.74) is 0.564. The first kappa shape index (κ1) is 25.1. The van der Waals surface area contributed by atoms with E-state index < -0.39 is 30.2 Å². The van der Waals surface area contributed by atoms with Gasteiger partial charge >= 0.3 is 12.1 Å². The Balaban J connectivity index is 2.26. The molecule has 2 amide bonds. The lowest BCUT2D eigenvalue weighted by atomic mass is 9.99. The normalized spacial score (nSPS) is 12.8. The fourth-order valence-electron chi connectivity index (χ4n) is 2.97. The molecule has 170 valence electrons. The lowest BCUT2D eigenvalue weighted by molar-refractivity contribution is -0.131. The number of hydrogen-bond acceptors (Lipinski definition) is 6. The lowest BCUT2D eigenvalue weighted by Crippen LogP contribution is -2.35. The van der Waals surface area contributed by atoms with E-state index in [1.54, 1.807) is 49.4 Å². The minimum Gasteiger partial charge on any atom is -0.508 e. The second kappa shape index (κ2) is 12.6. The number of benzene rings is 2. The first-order valence-corrected chi connectivity index (χ1v) is 10.7. The fourth-order valence-corrected chi connectivity index (χ4v) is 3.35. The maximum Gasteiger partial charge on any atom is 0.414 e. The number of carbonyl (C=O) groups is 3. The number of halogens is 1. The Labute approximate surface area is 194 Å². The molecule has 2 rings (SSSR count). The highest BCUT2D eigenvalue weighted by atomic mass is 79.9. The van der Waals surface area contributed by atoms with E-state index in [0.29, 0.717) is 17.3 Å². The minimum absolute atomic E-state index is 0.119. The molecule has 0 bridgehead atoms. The summed E-state index contributed by atoms with van der Waals surface area (Å²) in [6.07, 6.45) is 0.329. The molecule has 0 spiro atoms.